The third-order valence-corrected chi connectivity index (χ3v) is 7.37. The summed E-state index contributed by atoms with van der Waals surface area (Å²) in [4.78, 5) is 24.2. The van der Waals surface area contributed by atoms with Crippen LogP contribution in [0, 0.1) is 17.2 Å². The van der Waals surface area contributed by atoms with Crippen LogP contribution < -0.4 is 15.0 Å². The van der Waals surface area contributed by atoms with Crippen LogP contribution in [0.1, 0.15) is 24.8 Å². The molecule has 1 N–H and O–H groups in total. The van der Waals surface area contributed by atoms with Gasteiger partial charge in [0, 0.05) is 36.2 Å². The molecule has 2 aliphatic heterocycles. The maximum Gasteiger partial charge on any atom is 0.227 e. The molecule has 3 heterocycles. The highest BCUT2D eigenvalue weighted by Gasteiger charge is 2.19. The van der Waals surface area contributed by atoms with E-state index in [1.54, 1.807) is 6.20 Å². The van der Waals surface area contributed by atoms with Crippen molar-refractivity contribution in [3.8, 4) is 23.1 Å². The minimum Gasteiger partial charge on any atom is -0.492 e. The van der Waals surface area contributed by atoms with Gasteiger partial charge >= 0.3 is 0 Å². The van der Waals surface area contributed by atoms with Crippen LogP contribution in [-0.4, -0.2) is 73.7 Å². The van der Waals surface area contributed by atoms with E-state index in [4.69, 9.17) is 9.47 Å². The number of ether oxygens (including phenoxy) is 2. The highest BCUT2D eigenvalue weighted by Crippen LogP contribution is 2.28. The summed E-state index contributed by atoms with van der Waals surface area (Å²) < 4.78 is 11.4. The number of likely N-dealkylation sites (tertiary alicyclic amines) is 1. The molecule has 1 aromatic heterocycles. The molecule has 5 rings (SSSR count). The van der Waals surface area contributed by atoms with Gasteiger partial charge in [-0.2, -0.15) is 5.26 Å². The first-order chi connectivity index (χ1) is 19.2. The average Bonchev–Trinajstić information content (AvgIpc) is 2.99. The normalized spacial score (nSPS) is 16.4. The number of piperidine rings is 1. The lowest BCUT2D eigenvalue weighted by atomic mass is 9.94. The second kappa shape index (κ2) is 13.2. The molecule has 0 bridgehead atoms. The summed E-state index contributed by atoms with van der Waals surface area (Å²) >= 11 is 0. The Bertz CT molecular complexity index is 1280. The minimum atomic E-state index is 0.486. The first-order valence-corrected chi connectivity index (χ1v) is 13.6. The molecule has 0 radical (unpaired) electrons. The van der Waals surface area contributed by atoms with Crippen molar-refractivity contribution >= 4 is 23.6 Å². The largest absolute Gasteiger partial charge is 0.492 e. The second-order valence-electron chi connectivity index (χ2n) is 9.91. The van der Waals surface area contributed by atoms with Crippen LogP contribution in [0.3, 0.4) is 0 Å². The zero-order valence-corrected chi connectivity index (χ0v) is 22.1. The maximum absolute atomic E-state index is 10.7. The van der Waals surface area contributed by atoms with Crippen LogP contribution in [-0.2, 0) is 9.53 Å². The van der Waals surface area contributed by atoms with E-state index < -0.39 is 0 Å². The molecule has 0 saturated carbocycles. The third kappa shape index (κ3) is 7.11. The standard InChI is InChI=1S/C30H34N6O3/c31-22-25-21-24(1-6-29(25)39-18-10-23-8-12-35(13-9-23)14-17-37)28-7-11-32-30(34-28)33-26-2-4-27(5-3-26)36-15-19-38-20-16-36/h1-7,11,17,21,23H,8-10,12-16,18-20H2,(H,32,33,34). The van der Waals surface area contributed by atoms with Crippen molar-refractivity contribution in [3.63, 3.8) is 0 Å². The molecule has 2 aromatic carbocycles. The number of hydrogen-bond acceptors (Lipinski definition) is 9. The van der Waals surface area contributed by atoms with Crippen molar-refractivity contribution in [3.05, 3.63) is 60.3 Å². The molecule has 2 fully saturated rings. The number of nitrogens with one attached hydrogen (secondary N) is 1. The minimum absolute atomic E-state index is 0.486. The van der Waals surface area contributed by atoms with E-state index >= 15 is 0 Å². The lowest BCUT2D eigenvalue weighted by Gasteiger charge is -2.30. The van der Waals surface area contributed by atoms with Crippen molar-refractivity contribution < 1.29 is 14.3 Å². The van der Waals surface area contributed by atoms with E-state index in [2.05, 4.69) is 43.3 Å². The molecule has 2 saturated heterocycles. The molecular weight excluding hydrogens is 492 g/mol. The van der Waals surface area contributed by atoms with Crippen LogP contribution in [0.4, 0.5) is 17.3 Å². The second-order valence-corrected chi connectivity index (χ2v) is 9.91. The van der Waals surface area contributed by atoms with Gasteiger partial charge in [-0.3, -0.25) is 4.90 Å². The van der Waals surface area contributed by atoms with Gasteiger partial charge < -0.3 is 24.5 Å². The van der Waals surface area contributed by atoms with Crippen molar-refractivity contribution in [2.45, 2.75) is 19.3 Å². The Balaban J connectivity index is 1.18. The Kier molecular flexibility index (Phi) is 8.99. The van der Waals surface area contributed by atoms with E-state index in [9.17, 15) is 10.1 Å². The predicted molar refractivity (Wildman–Crippen MR) is 150 cm³/mol. The number of rotatable bonds is 10. The molecule has 9 nitrogen and oxygen atoms in total. The molecule has 0 amide bonds. The molecule has 2 aliphatic rings. The van der Waals surface area contributed by atoms with E-state index in [0.29, 0.717) is 36.3 Å². The van der Waals surface area contributed by atoms with Crippen molar-refractivity contribution in [2.75, 3.05) is 62.8 Å². The number of carbonyl (C=O) groups excluding carboxylic acids is 1. The van der Waals surface area contributed by atoms with Crippen molar-refractivity contribution in [2.24, 2.45) is 5.92 Å². The van der Waals surface area contributed by atoms with Gasteiger partial charge in [0.2, 0.25) is 5.95 Å². The smallest absolute Gasteiger partial charge is 0.227 e. The van der Waals surface area contributed by atoms with E-state index in [1.165, 1.54) is 5.69 Å². The number of morpholine rings is 1. The third-order valence-electron chi connectivity index (χ3n) is 7.37. The Morgan fingerprint density at radius 1 is 1.08 bits per heavy atom. The quantitative estimate of drug-likeness (QED) is 0.388. The van der Waals surface area contributed by atoms with Gasteiger partial charge in [-0.15, -0.1) is 0 Å². The summed E-state index contributed by atoms with van der Waals surface area (Å²) in [6.07, 6.45) is 5.77. The zero-order valence-electron chi connectivity index (χ0n) is 22.1. The fourth-order valence-corrected chi connectivity index (χ4v) is 5.09. The summed E-state index contributed by atoms with van der Waals surface area (Å²) in [5, 5.41) is 13.0. The SMILES string of the molecule is N#Cc1cc(-c2ccnc(Nc3ccc(N4CCOCC4)cc3)n2)ccc1OCCC1CCN(CC=O)CC1. The molecule has 3 aromatic rings. The molecule has 202 valence electrons. The van der Waals surface area contributed by atoms with Gasteiger partial charge in [0.15, 0.2) is 0 Å². The summed E-state index contributed by atoms with van der Waals surface area (Å²) in [6, 6.07) is 17.9. The average molecular weight is 527 g/mol. The number of carbonyl (C=O) groups is 1. The van der Waals surface area contributed by atoms with Gasteiger partial charge in [0.05, 0.1) is 37.6 Å². The maximum atomic E-state index is 10.7. The van der Waals surface area contributed by atoms with Gasteiger partial charge in [0.25, 0.3) is 0 Å². The Morgan fingerprint density at radius 2 is 1.87 bits per heavy atom. The summed E-state index contributed by atoms with van der Waals surface area (Å²) in [5.41, 5.74) is 4.11. The summed E-state index contributed by atoms with van der Waals surface area (Å²) in [6.45, 7) is 6.31. The van der Waals surface area contributed by atoms with E-state index in [0.717, 1.165) is 81.9 Å². The van der Waals surface area contributed by atoms with Gasteiger partial charge in [-0.25, -0.2) is 9.97 Å². The monoisotopic (exact) mass is 526 g/mol. The lowest BCUT2D eigenvalue weighted by Crippen LogP contribution is -2.36. The number of aldehydes is 1. The number of aromatic nitrogens is 2. The fourth-order valence-electron chi connectivity index (χ4n) is 5.09. The van der Waals surface area contributed by atoms with Crippen molar-refractivity contribution in [1.29, 1.82) is 5.26 Å². The number of anilines is 3. The topological polar surface area (TPSA) is 104 Å². The number of nitrogens with zero attached hydrogens (tertiary/aromatic N) is 5. The van der Waals surface area contributed by atoms with Gasteiger partial charge in [-0.1, -0.05) is 0 Å². The van der Waals surface area contributed by atoms with Crippen LogP contribution in [0.15, 0.2) is 54.7 Å². The van der Waals surface area contributed by atoms with E-state index in [1.807, 2.05) is 36.4 Å². The summed E-state index contributed by atoms with van der Waals surface area (Å²) in [5.74, 6) is 1.66. The Labute approximate surface area is 229 Å². The Morgan fingerprint density at radius 3 is 2.62 bits per heavy atom. The Hall–Kier alpha value is -4.00. The molecule has 0 atom stereocenters. The van der Waals surface area contributed by atoms with Gasteiger partial charge in [0.1, 0.15) is 18.1 Å². The number of hydrogen-bond donors (Lipinski definition) is 1. The molecule has 39 heavy (non-hydrogen) atoms. The first-order valence-electron chi connectivity index (χ1n) is 13.6. The molecule has 0 spiro atoms. The highest BCUT2D eigenvalue weighted by atomic mass is 16.5. The summed E-state index contributed by atoms with van der Waals surface area (Å²) in [7, 11) is 0. The predicted octanol–water partition coefficient (Wildman–Crippen LogP) is 4.28. The van der Waals surface area contributed by atoms with Crippen LogP contribution in [0.5, 0.6) is 5.75 Å². The highest BCUT2D eigenvalue weighted by molar-refractivity contribution is 5.66. The van der Waals surface area contributed by atoms with Crippen LogP contribution >= 0.6 is 0 Å². The molecule has 0 aliphatic carbocycles. The molecule has 9 heteroatoms. The number of benzene rings is 2. The van der Waals surface area contributed by atoms with Crippen molar-refractivity contribution in [1.82, 2.24) is 14.9 Å². The van der Waals surface area contributed by atoms with E-state index in [-0.39, 0.29) is 0 Å². The molecular formula is C30H34N6O3. The lowest BCUT2D eigenvalue weighted by molar-refractivity contribution is -0.109. The number of nitriles is 1. The van der Waals surface area contributed by atoms with Gasteiger partial charge in [-0.05, 0) is 86.8 Å². The first kappa shape index (κ1) is 26.6. The zero-order chi connectivity index (χ0) is 26.9. The fraction of sp³-hybridized carbons (Fsp3) is 0.400. The van der Waals surface area contributed by atoms with Crippen LogP contribution in [0.25, 0.3) is 11.3 Å². The van der Waals surface area contributed by atoms with Crippen LogP contribution in [0.2, 0.25) is 0 Å². The molecule has 0 unspecified atom stereocenters.